The predicted molar refractivity (Wildman–Crippen MR) is 112 cm³/mol. The molecule has 1 aromatic carbocycles. The van der Waals surface area contributed by atoms with Crippen molar-refractivity contribution in [3.63, 3.8) is 0 Å². The van der Waals surface area contributed by atoms with Gasteiger partial charge in [0.2, 0.25) is 0 Å². The zero-order chi connectivity index (χ0) is 18.0. The molecule has 0 saturated carbocycles. The van der Waals surface area contributed by atoms with Gasteiger partial charge in [-0.2, -0.15) is 0 Å². The number of allylic oxidation sites excluding steroid dienone is 1. The van der Waals surface area contributed by atoms with Crippen LogP contribution in [-0.2, 0) is 19.3 Å². The number of nitrogens with two attached hydrogens (primary N) is 1. The Kier molecular flexibility index (Phi) is 5.96. The van der Waals surface area contributed by atoms with Gasteiger partial charge in [-0.1, -0.05) is 31.3 Å². The number of nitrogens with zero attached hydrogens (tertiary/aromatic N) is 1. The quantitative estimate of drug-likeness (QED) is 0.802. The predicted octanol–water partition coefficient (Wildman–Crippen LogP) is 5.03. The van der Waals surface area contributed by atoms with Crippen LogP contribution in [0, 0.1) is 6.92 Å². The van der Waals surface area contributed by atoms with Crippen molar-refractivity contribution in [1.29, 1.82) is 0 Å². The first-order chi connectivity index (χ1) is 12.0. The van der Waals surface area contributed by atoms with E-state index in [4.69, 9.17) is 5.73 Å². The van der Waals surface area contributed by atoms with Gasteiger partial charge in [0.1, 0.15) is 0 Å². The van der Waals surface area contributed by atoms with E-state index >= 15 is 0 Å². The fourth-order valence-corrected chi connectivity index (χ4v) is 5.04. The molecule has 0 aromatic heterocycles. The molecule has 0 amide bonds. The molecule has 3 rings (SSSR count). The third kappa shape index (κ3) is 3.98. The van der Waals surface area contributed by atoms with Crippen molar-refractivity contribution in [3.8, 4) is 0 Å². The fraction of sp³-hybridized carbons (Fsp3) is 0.545. The highest BCUT2D eigenvalue weighted by Crippen LogP contribution is 2.35. The molecule has 2 N–H and O–H groups in total. The Balaban J connectivity index is 1.76. The molecule has 1 aliphatic heterocycles. The Labute approximate surface area is 157 Å². The zero-order valence-electron chi connectivity index (χ0n) is 16.0. The van der Waals surface area contributed by atoms with Gasteiger partial charge in [0, 0.05) is 19.1 Å². The summed E-state index contributed by atoms with van der Waals surface area (Å²) in [5, 5.41) is 3.45. The Hall–Kier alpha value is -1.19. The Bertz CT molecular complexity index is 682. The third-order valence-corrected chi connectivity index (χ3v) is 6.79. The molecule has 1 heterocycles. The molecule has 1 aliphatic carbocycles. The van der Waals surface area contributed by atoms with Crippen LogP contribution >= 0.6 is 11.8 Å². The molecule has 1 fully saturated rings. The minimum Gasteiger partial charge on any atom is -0.366 e. The molecular formula is C22H32N2S. The van der Waals surface area contributed by atoms with E-state index in [9.17, 15) is 0 Å². The summed E-state index contributed by atoms with van der Waals surface area (Å²) in [6.45, 7) is 13.2. The highest BCUT2D eigenvalue weighted by atomic mass is 32.2. The average molecular weight is 357 g/mol. The lowest BCUT2D eigenvalue weighted by Gasteiger charge is -2.32. The molecule has 3 heteroatoms. The molecule has 1 aromatic rings. The van der Waals surface area contributed by atoms with Crippen molar-refractivity contribution in [2.24, 2.45) is 5.73 Å². The summed E-state index contributed by atoms with van der Waals surface area (Å²) < 4.78 is 0. The van der Waals surface area contributed by atoms with E-state index in [0.717, 1.165) is 37.4 Å². The second-order valence-electron chi connectivity index (χ2n) is 7.52. The van der Waals surface area contributed by atoms with Crippen LogP contribution in [0.15, 0.2) is 23.1 Å². The van der Waals surface area contributed by atoms with Crippen LogP contribution < -0.4 is 5.73 Å². The van der Waals surface area contributed by atoms with Gasteiger partial charge in [0.25, 0.3) is 0 Å². The number of hydrogen-bond acceptors (Lipinski definition) is 3. The van der Waals surface area contributed by atoms with Crippen LogP contribution in [0.25, 0.3) is 5.57 Å². The minimum absolute atomic E-state index is 0.368. The summed E-state index contributed by atoms with van der Waals surface area (Å²) in [6.07, 6.45) is 7.11. The molecule has 0 atom stereocenters. The molecule has 0 unspecified atom stereocenters. The van der Waals surface area contributed by atoms with Crippen LogP contribution in [0.2, 0.25) is 0 Å². The lowest BCUT2D eigenvalue weighted by atomic mass is 9.89. The zero-order valence-corrected chi connectivity index (χ0v) is 16.8. The van der Waals surface area contributed by atoms with E-state index in [1.54, 1.807) is 28.5 Å². The number of likely N-dealkylation sites (tertiary alicyclic amines) is 1. The van der Waals surface area contributed by atoms with Crippen molar-refractivity contribution in [1.82, 2.24) is 4.90 Å². The molecule has 136 valence electrons. The highest BCUT2D eigenvalue weighted by Gasteiger charge is 2.20. The second kappa shape index (κ2) is 8.01. The van der Waals surface area contributed by atoms with Gasteiger partial charge in [-0.15, -0.1) is 0 Å². The molecule has 0 radical (unpaired) electrons. The second-order valence-corrected chi connectivity index (χ2v) is 8.46. The van der Waals surface area contributed by atoms with Crippen LogP contribution in [0.4, 0.5) is 0 Å². The van der Waals surface area contributed by atoms with Gasteiger partial charge < -0.3 is 10.6 Å². The maximum absolute atomic E-state index is 6.01. The van der Waals surface area contributed by atoms with Crippen molar-refractivity contribution in [2.45, 2.75) is 65.3 Å². The van der Waals surface area contributed by atoms with E-state index in [1.165, 1.54) is 36.0 Å². The van der Waals surface area contributed by atoms with Gasteiger partial charge >= 0.3 is 0 Å². The fourth-order valence-electron chi connectivity index (χ4n) is 4.26. The SMILES string of the molecule is C=C(S/C=C(\C)c1cc(C)c2c(c1CC)CCC2)N1CCC(N)CC1. The Morgan fingerprint density at radius 3 is 2.68 bits per heavy atom. The van der Waals surface area contributed by atoms with Crippen LogP contribution in [0.3, 0.4) is 0 Å². The van der Waals surface area contributed by atoms with Gasteiger partial charge in [-0.05, 0) is 91.2 Å². The first-order valence-corrected chi connectivity index (χ1v) is 10.6. The summed E-state index contributed by atoms with van der Waals surface area (Å²) >= 11 is 1.77. The topological polar surface area (TPSA) is 29.3 Å². The Morgan fingerprint density at radius 1 is 1.32 bits per heavy atom. The average Bonchev–Trinajstić information content (AvgIpc) is 3.10. The highest BCUT2D eigenvalue weighted by molar-refractivity contribution is 8.05. The van der Waals surface area contributed by atoms with E-state index in [1.807, 2.05) is 0 Å². The van der Waals surface area contributed by atoms with E-state index in [2.05, 4.69) is 43.7 Å². The van der Waals surface area contributed by atoms with E-state index < -0.39 is 0 Å². The van der Waals surface area contributed by atoms with Crippen molar-refractivity contribution in [3.05, 3.63) is 50.9 Å². The molecule has 25 heavy (non-hydrogen) atoms. The lowest BCUT2D eigenvalue weighted by molar-refractivity contribution is 0.280. The Morgan fingerprint density at radius 2 is 2.00 bits per heavy atom. The first-order valence-electron chi connectivity index (χ1n) is 9.68. The number of rotatable bonds is 5. The van der Waals surface area contributed by atoms with Crippen LogP contribution in [-0.4, -0.2) is 24.0 Å². The van der Waals surface area contributed by atoms with Gasteiger partial charge in [0.15, 0.2) is 0 Å². The maximum atomic E-state index is 6.01. The number of fused-ring (bicyclic) bond motifs is 1. The number of benzene rings is 1. The summed E-state index contributed by atoms with van der Waals surface area (Å²) in [5.41, 5.74) is 15.1. The first kappa shape index (κ1) is 18.6. The molecule has 0 spiro atoms. The smallest absolute Gasteiger partial charge is 0.0676 e. The van der Waals surface area contributed by atoms with E-state index in [0.29, 0.717) is 6.04 Å². The van der Waals surface area contributed by atoms with Crippen LogP contribution in [0.1, 0.15) is 60.9 Å². The normalized spacial score (nSPS) is 18.6. The lowest BCUT2D eigenvalue weighted by Crippen LogP contribution is -2.38. The molecule has 2 nitrogen and oxygen atoms in total. The molecule has 1 saturated heterocycles. The number of hydrogen-bond donors (Lipinski definition) is 1. The molecular weight excluding hydrogens is 324 g/mol. The molecule has 2 aliphatic rings. The summed E-state index contributed by atoms with van der Waals surface area (Å²) in [6, 6.07) is 2.78. The van der Waals surface area contributed by atoms with Gasteiger partial charge in [-0.25, -0.2) is 0 Å². The summed E-state index contributed by atoms with van der Waals surface area (Å²) in [4.78, 5) is 2.38. The standard InChI is InChI=1S/C22H32N2S/c1-5-19-21-8-6-7-20(21)15(2)13-22(19)16(3)14-25-17(4)24-11-9-18(23)10-12-24/h13-14,18H,4-12,23H2,1-3H3/b16-14+. The largest absolute Gasteiger partial charge is 0.366 e. The van der Waals surface area contributed by atoms with Crippen LogP contribution in [0.5, 0.6) is 0 Å². The maximum Gasteiger partial charge on any atom is 0.0676 e. The van der Waals surface area contributed by atoms with Crippen molar-refractivity contribution in [2.75, 3.05) is 13.1 Å². The van der Waals surface area contributed by atoms with E-state index in [-0.39, 0.29) is 0 Å². The number of aryl methyl sites for hydroxylation is 1. The van der Waals surface area contributed by atoms with Gasteiger partial charge in [-0.3, -0.25) is 0 Å². The number of thioether (sulfide) groups is 1. The van der Waals surface area contributed by atoms with Crippen molar-refractivity contribution >= 4 is 17.3 Å². The monoisotopic (exact) mass is 356 g/mol. The molecule has 0 bridgehead atoms. The van der Waals surface area contributed by atoms with Gasteiger partial charge in [0.05, 0.1) is 5.03 Å². The summed E-state index contributed by atoms with van der Waals surface area (Å²) in [7, 11) is 0. The minimum atomic E-state index is 0.368. The summed E-state index contributed by atoms with van der Waals surface area (Å²) in [5.74, 6) is 0. The van der Waals surface area contributed by atoms with Crippen molar-refractivity contribution < 1.29 is 0 Å². The third-order valence-electron chi connectivity index (χ3n) is 5.79. The number of piperidine rings is 1.